The lowest BCUT2D eigenvalue weighted by Crippen LogP contribution is -2.30. The highest BCUT2D eigenvalue weighted by molar-refractivity contribution is 5.53. The molecule has 1 aromatic heterocycles. The van der Waals surface area contributed by atoms with E-state index in [4.69, 9.17) is 4.42 Å². The van der Waals surface area contributed by atoms with Crippen molar-refractivity contribution in [2.75, 3.05) is 6.54 Å². The zero-order valence-corrected chi connectivity index (χ0v) is 13.2. The van der Waals surface area contributed by atoms with Crippen LogP contribution in [0.15, 0.2) is 52.9 Å². The van der Waals surface area contributed by atoms with Crippen LogP contribution in [0.4, 0.5) is 0 Å². The van der Waals surface area contributed by atoms with Crippen LogP contribution in [0.25, 0.3) is 11.5 Å². The molecule has 0 radical (unpaired) electrons. The van der Waals surface area contributed by atoms with Crippen LogP contribution < -0.4 is 0 Å². The minimum Gasteiger partial charge on any atom is -0.419 e. The minimum atomic E-state index is 0.598. The van der Waals surface area contributed by atoms with Crippen molar-refractivity contribution in [1.82, 2.24) is 15.1 Å². The molecule has 1 aliphatic rings. The van der Waals surface area contributed by atoms with Crippen molar-refractivity contribution >= 4 is 0 Å². The standard InChI is InChI=1S/C19H19N3O/c1-14-5-4-8-16(11-14)19-21-20-18(23-19)13-22-10-9-15-6-2-3-7-17(15)12-22/h2-8,11H,9-10,12-13H2,1H3. The van der Waals surface area contributed by atoms with Crippen molar-refractivity contribution in [2.24, 2.45) is 0 Å². The molecular formula is C19H19N3O. The van der Waals surface area contributed by atoms with Crippen molar-refractivity contribution in [3.05, 3.63) is 71.1 Å². The topological polar surface area (TPSA) is 42.2 Å². The van der Waals surface area contributed by atoms with Gasteiger partial charge in [0.05, 0.1) is 6.54 Å². The average molecular weight is 305 g/mol. The lowest BCUT2D eigenvalue weighted by molar-refractivity contribution is 0.222. The Hall–Kier alpha value is -2.46. The van der Waals surface area contributed by atoms with E-state index in [2.05, 4.69) is 58.4 Å². The third-order valence-electron chi connectivity index (χ3n) is 4.30. The zero-order valence-electron chi connectivity index (χ0n) is 13.2. The maximum atomic E-state index is 5.85. The summed E-state index contributed by atoms with van der Waals surface area (Å²) in [7, 11) is 0. The van der Waals surface area contributed by atoms with Crippen LogP contribution in [0.2, 0.25) is 0 Å². The fourth-order valence-corrected chi connectivity index (χ4v) is 3.09. The summed E-state index contributed by atoms with van der Waals surface area (Å²) in [6.07, 6.45) is 1.08. The Labute approximate surface area is 135 Å². The summed E-state index contributed by atoms with van der Waals surface area (Å²) in [6.45, 7) is 4.73. The van der Waals surface area contributed by atoms with Gasteiger partial charge in [0, 0.05) is 18.7 Å². The summed E-state index contributed by atoms with van der Waals surface area (Å²) >= 11 is 0. The Bertz CT molecular complexity index is 825. The van der Waals surface area contributed by atoms with Gasteiger partial charge < -0.3 is 4.42 Å². The summed E-state index contributed by atoms with van der Waals surface area (Å²) in [4.78, 5) is 2.36. The molecule has 0 N–H and O–H groups in total. The van der Waals surface area contributed by atoms with Gasteiger partial charge in [-0.15, -0.1) is 10.2 Å². The molecule has 1 aliphatic heterocycles. The molecule has 0 atom stereocenters. The van der Waals surface area contributed by atoms with Crippen molar-refractivity contribution in [3.63, 3.8) is 0 Å². The molecule has 3 aromatic rings. The number of benzene rings is 2. The molecule has 4 nitrogen and oxygen atoms in total. The molecule has 0 bridgehead atoms. The van der Waals surface area contributed by atoms with Crippen LogP contribution in [-0.2, 0) is 19.5 Å². The molecule has 0 unspecified atom stereocenters. The van der Waals surface area contributed by atoms with Gasteiger partial charge in [-0.3, -0.25) is 4.90 Å². The molecule has 2 heterocycles. The van der Waals surface area contributed by atoms with Gasteiger partial charge in [-0.25, -0.2) is 0 Å². The molecule has 0 spiro atoms. The number of fused-ring (bicyclic) bond motifs is 1. The van der Waals surface area contributed by atoms with E-state index < -0.39 is 0 Å². The average Bonchev–Trinajstić information content (AvgIpc) is 3.03. The largest absolute Gasteiger partial charge is 0.419 e. The summed E-state index contributed by atoms with van der Waals surface area (Å²) in [5, 5.41) is 8.41. The van der Waals surface area contributed by atoms with Crippen LogP contribution in [0.3, 0.4) is 0 Å². The van der Waals surface area contributed by atoms with E-state index in [1.807, 2.05) is 12.1 Å². The smallest absolute Gasteiger partial charge is 0.247 e. The molecule has 23 heavy (non-hydrogen) atoms. The van der Waals surface area contributed by atoms with Crippen LogP contribution in [0.1, 0.15) is 22.6 Å². The summed E-state index contributed by atoms with van der Waals surface area (Å²) < 4.78 is 5.85. The Balaban J connectivity index is 1.48. The molecule has 4 rings (SSSR count). The monoisotopic (exact) mass is 305 g/mol. The Morgan fingerprint density at radius 2 is 1.91 bits per heavy atom. The first kappa shape index (κ1) is 14.2. The lowest BCUT2D eigenvalue weighted by atomic mass is 10.00. The number of aryl methyl sites for hydroxylation is 1. The van der Waals surface area contributed by atoms with E-state index >= 15 is 0 Å². The van der Waals surface area contributed by atoms with Crippen LogP contribution >= 0.6 is 0 Å². The Morgan fingerprint density at radius 1 is 1.04 bits per heavy atom. The number of hydrogen-bond donors (Lipinski definition) is 0. The SMILES string of the molecule is Cc1cccc(-c2nnc(CN3CCc4ccccc4C3)o2)c1. The first-order valence-corrected chi connectivity index (χ1v) is 7.96. The van der Waals surface area contributed by atoms with Crippen molar-refractivity contribution in [1.29, 1.82) is 0 Å². The maximum absolute atomic E-state index is 5.85. The quantitative estimate of drug-likeness (QED) is 0.741. The lowest BCUT2D eigenvalue weighted by Gasteiger charge is -2.27. The summed E-state index contributed by atoms with van der Waals surface area (Å²) in [6, 6.07) is 16.8. The second-order valence-corrected chi connectivity index (χ2v) is 6.10. The molecule has 0 aliphatic carbocycles. The minimum absolute atomic E-state index is 0.598. The molecular weight excluding hydrogens is 286 g/mol. The van der Waals surface area contributed by atoms with Gasteiger partial charge in [0.25, 0.3) is 0 Å². The molecule has 116 valence electrons. The third kappa shape index (κ3) is 3.03. The fraction of sp³-hybridized carbons (Fsp3) is 0.263. The van der Waals surface area contributed by atoms with Crippen LogP contribution in [0.5, 0.6) is 0 Å². The number of aromatic nitrogens is 2. The van der Waals surface area contributed by atoms with Gasteiger partial charge in [0.15, 0.2) is 0 Å². The normalized spacial score (nSPS) is 14.7. The highest BCUT2D eigenvalue weighted by Gasteiger charge is 2.18. The highest BCUT2D eigenvalue weighted by atomic mass is 16.4. The Kier molecular flexibility index (Phi) is 3.67. The van der Waals surface area contributed by atoms with Crippen LogP contribution in [-0.4, -0.2) is 21.6 Å². The van der Waals surface area contributed by atoms with E-state index in [0.29, 0.717) is 18.3 Å². The van der Waals surface area contributed by atoms with Gasteiger partial charge in [-0.05, 0) is 36.6 Å². The number of rotatable bonds is 3. The van der Waals surface area contributed by atoms with Gasteiger partial charge in [-0.1, -0.05) is 42.0 Å². The fourth-order valence-electron chi connectivity index (χ4n) is 3.09. The first-order valence-electron chi connectivity index (χ1n) is 7.96. The van der Waals surface area contributed by atoms with Gasteiger partial charge >= 0.3 is 0 Å². The third-order valence-corrected chi connectivity index (χ3v) is 4.30. The van der Waals surface area contributed by atoms with Gasteiger partial charge in [-0.2, -0.15) is 0 Å². The molecule has 0 fully saturated rings. The highest BCUT2D eigenvalue weighted by Crippen LogP contribution is 2.22. The summed E-state index contributed by atoms with van der Waals surface area (Å²) in [5.74, 6) is 1.28. The predicted octanol–water partition coefficient (Wildman–Crippen LogP) is 3.60. The molecule has 0 saturated carbocycles. The van der Waals surface area contributed by atoms with E-state index in [1.165, 1.54) is 16.7 Å². The van der Waals surface area contributed by atoms with E-state index in [9.17, 15) is 0 Å². The molecule has 2 aromatic carbocycles. The van der Waals surface area contributed by atoms with E-state index in [1.54, 1.807) is 0 Å². The van der Waals surface area contributed by atoms with Crippen molar-refractivity contribution < 1.29 is 4.42 Å². The van der Waals surface area contributed by atoms with Crippen LogP contribution in [0, 0.1) is 6.92 Å². The van der Waals surface area contributed by atoms with Gasteiger partial charge in [0.1, 0.15) is 0 Å². The Morgan fingerprint density at radius 3 is 2.78 bits per heavy atom. The zero-order chi connectivity index (χ0) is 15.6. The first-order chi connectivity index (χ1) is 11.3. The molecule has 0 amide bonds. The predicted molar refractivity (Wildman–Crippen MR) is 88.7 cm³/mol. The summed E-state index contributed by atoms with van der Waals surface area (Å²) in [5.41, 5.74) is 5.02. The van der Waals surface area contributed by atoms with E-state index in [-0.39, 0.29) is 0 Å². The number of nitrogens with zero attached hydrogens (tertiary/aromatic N) is 3. The molecule has 4 heteroatoms. The second kappa shape index (κ2) is 5.97. The van der Waals surface area contributed by atoms with Gasteiger partial charge in [0.2, 0.25) is 11.8 Å². The number of hydrogen-bond acceptors (Lipinski definition) is 4. The second-order valence-electron chi connectivity index (χ2n) is 6.10. The van der Waals surface area contributed by atoms with Crippen molar-refractivity contribution in [3.8, 4) is 11.5 Å². The molecule has 0 saturated heterocycles. The van der Waals surface area contributed by atoms with E-state index in [0.717, 1.165) is 25.1 Å². The maximum Gasteiger partial charge on any atom is 0.247 e. The van der Waals surface area contributed by atoms with Crippen molar-refractivity contribution in [2.45, 2.75) is 26.4 Å².